The van der Waals surface area contributed by atoms with Crippen LogP contribution in [0.1, 0.15) is 24.2 Å². The lowest BCUT2D eigenvalue weighted by atomic mass is 10.1. The van der Waals surface area contributed by atoms with Crippen molar-refractivity contribution in [3.8, 4) is 5.75 Å². The number of ether oxygens (including phenoxy) is 1. The molecule has 1 rings (SSSR count). The lowest BCUT2D eigenvalue weighted by molar-refractivity contribution is -0.114. The second-order valence-corrected chi connectivity index (χ2v) is 2.98. The molecule has 15 heavy (non-hydrogen) atoms. The van der Waals surface area contributed by atoms with Gasteiger partial charge in [-0.05, 0) is 13.0 Å². The maximum Gasteiger partial charge on any atom is 0.222 e. The number of methoxy groups -OCH3 is 1. The van der Waals surface area contributed by atoms with Crippen molar-refractivity contribution in [1.29, 1.82) is 0 Å². The Hall–Kier alpha value is -1.91. The monoisotopic (exact) mass is 208 g/mol. The summed E-state index contributed by atoms with van der Waals surface area (Å²) in [7, 11) is 1.43. The van der Waals surface area contributed by atoms with E-state index < -0.39 is 0 Å². The van der Waals surface area contributed by atoms with Gasteiger partial charge in [0.15, 0.2) is 17.4 Å². The number of rotatable bonds is 3. The molecule has 1 N–H and O–H groups in total. The van der Waals surface area contributed by atoms with Gasteiger partial charge >= 0.3 is 0 Å². The Balaban J connectivity index is 3.21. The van der Waals surface area contributed by atoms with E-state index in [1.54, 1.807) is 6.07 Å². The molecule has 0 saturated carbocycles. The second-order valence-electron chi connectivity index (χ2n) is 2.98. The molecule has 0 aromatic carbocycles. The van der Waals surface area contributed by atoms with Crippen molar-refractivity contribution in [3.63, 3.8) is 0 Å². The molecule has 0 radical (unpaired) electrons. The molecular weight excluding hydrogens is 196 g/mol. The van der Waals surface area contributed by atoms with E-state index in [0.29, 0.717) is 11.3 Å². The van der Waals surface area contributed by atoms with Crippen LogP contribution in [-0.4, -0.2) is 23.8 Å². The summed E-state index contributed by atoms with van der Waals surface area (Å²) in [4.78, 5) is 26.0. The number of aromatic nitrogens is 1. The smallest absolute Gasteiger partial charge is 0.222 e. The molecule has 0 aliphatic carbocycles. The summed E-state index contributed by atoms with van der Waals surface area (Å²) in [6, 6.07) is 1.55. The minimum atomic E-state index is -0.262. The van der Waals surface area contributed by atoms with Crippen LogP contribution in [0.15, 0.2) is 12.3 Å². The summed E-state index contributed by atoms with van der Waals surface area (Å²) in [6.07, 6.45) is 1.45. The van der Waals surface area contributed by atoms with Gasteiger partial charge in [0, 0.05) is 13.1 Å². The number of amides is 1. The largest absolute Gasteiger partial charge is 0.492 e. The fourth-order valence-corrected chi connectivity index (χ4v) is 1.19. The fourth-order valence-electron chi connectivity index (χ4n) is 1.19. The average Bonchev–Trinajstić information content (AvgIpc) is 2.16. The SMILES string of the molecule is COc1c(C(C)=O)ccnc1NC(C)=O. The van der Waals surface area contributed by atoms with E-state index in [1.165, 1.54) is 27.2 Å². The van der Waals surface area contributed by atoms with Crippen molar-refractivity contribution in [3.05, 3.63) is 17.8 Å². The van der Waals surface area contributed by atoms with Gasteiger partial charge in [0.2, 0.25) is 5.91 Å². The Bertz CT molecular complexity index is 402. The van der Waals surface area contributed by atoms with Crippen LogP contribution in [-0.2, 0) is 4.79 Å². The molecule has 0 aliphatic rings. The van der Waals surface area contributed by atoms with E-state index in [1.807, 2.05) is 0 Å². The molecule has 0 bridgehead atoms. The number of carbonyl (C=O) groups is 2. The predicted octanol–water partition coefficient (Wildman–Crippen LogP) is 1.25. The average molecular weight is 208 g/mol. The third kappa shape index (κ3) is 2.52. The highest BCUT2D eigenvalue weighted by molar-refractivity contribution is 6.00. The lowest BCUT2D eigenvalue weighted by Gasteiger charge is -2.10. The topological polar surface area (TPSA) is 68.3 Å². The standard InChI is InChI=1S/C10H12N2O3/c1-6(13)8-4-5-11-10(9(8)15-3)12-7(2)14/h4-5H,1-3H3,(H,11,12,14). The van der Waals surface area contributed by atoms with Gasteiger partial charge in [-0.15, -0.1) is 0 Å². The minimum absolute atomic E-state index is 0.138. The molecular formula is C10H12N2O3. The number of hydrogen-bond donors (Lipinski definition) is 1. The van der Waals surface area contributed by atoms with Crippen LogP contribution < -0.4 is 10.1 Å². The Kier molecular flexibility index (Phi) is 3.38. The van der Waals surface area contributed by atoms with Gasteiger partial charge in [0.1, 0.15) is 0 Å². The van der Waals surface area contributed by atoms with E-state index in [-0.39, 0.29) is 17.5 Å². The summed E-state index contributed by atoms with van der Waals surface area (Å²) in [5.74, 6) is 0.153. The van der Waals surface area contributed by atoms with E-state index >= 15 is 0 Å². The fraction of sp³-hybridized carbons (Fsp3) is 0.300. The van der Waals surface area contributed by atoms with Crippen LogP contribution >= 0.6 is 0 Å². The number of hydrogen-bond acceptors (Lipinski definition) is 4. The highest BCUT2D eigenvalue weighted by Gasteiger charge is 2.14. The summed E-state index contributed by atoms with van der Waals surface area (Å²) >= 11 is 0. The first kappa shape index (κ1) is 11.2. The Labute approximate surface area is 87.5 Å². The molecule has 1 aromatic heterocycles. The van der Waals surface area contributed by atoms with Crippen LogP contribution in [0.3, 0.4) is 0 Å². The normalized spacial score (nSPS) is 9.53. The highest BCUT2D eigenvalue weighted by atomic mass is 16.5. The number of nitrogens with one attached hydrogen (secondary N) is 1. The number of ketones is 1. The van der Waals surface area contributed by atoms with Crippen molar-refractivity contribution in [2.75, 3.05) is 12.4 Å². The molecule has 0 aliphatic heterocycles. The molecule has 0 atom stereocenters. The Morgan fingerprint density at radius 3 is 2.53 bits per heavy atom. The summed E-state index contributed by atoms with van der Waals surface area (Å²) in [5.41, 5.74) is 0.399. The van der Waals surface area contributed by atoms with Gasteiger partial charge < -0.3 is 10.1 Å². The number of carbonyl (C=O) groups excluding carboxylic acids is 2. The number of nitrogens with zero attached hydrogens (tertiary/aromatic N) is 1. The number of Topliss-reactive ketones (excluding diaryl/α,β-unsaturated/α-hetero) is 1. The first-order valence-corrected chi connectivity index (χ1v) is 4.37. The minimum Gasteiger partial charge on any atom is -0.492 e. The molecule has 0 unspecified atom stereocenters. The lowest BCUT2D eigenvalue weighted by Crippen LogP contribution is -2.10. The summed E-state index contributed by atoms with van der Waals surface area (Å²) in [5, 5.41) is 2.49. The van der Waals surface area contributed by atoms with Gasteiger partial charge in [0.05, 0.1) is 12.7 Å². The molecule has 0 saturated heterocycles. The first-order valence-electron chi connectivity index (χ1n) is 4.37. The number of pyridine rings is 1. The van der Waals surface area contributed by atoms with Crippen molar-refractivity contribution >= 4 is 17.5 Å². The second kappa shape index (κ2) is 4.54. The zero-order chi connectivity index (χ0) is 11.4. The van der Waals surface area contributed by atoms with E-state index in [9.17, 15) is 9.59 Å². The van der Waals surface area contributed by atoms with E-state index in [4.69, 9.17) is 4.74 Å². The molecule has 0 fully saturated rings. The maximum absolute atomic E-state index is 11.2. The molecule has 5 heteroatoms. The number of anilines is 1. The molecule has 1 aromatic rings. The summed E-state index contributed by atoms with van der Waals surface area (Å²) in [6.45, 7) is 2.79. The van der Waals surface area contributed by atoms with E-state index in [2.05, 4.69) is 10.3 Å². The van der Waals surface area contributed by atoms with Gasteiger partial charge in [0.25, 0.3) is 0 Å². The maximum atomic E-state index is 11.2. The Morgan fingerprint density at radius 1 is 1.40 bits per heavy atom. The highest BCUT2D eigenvalue weighted by Crippen LogP contribution is 2.26. The molecule has 1 amide bonds. The van der Waals surface area contributed by atoms with Gasteiger partial charge in [-0.3, -0.25) is 9.59 Å². The van der Waals surface area contributed by atoms with Crippen molar-refractivity contribution in [2.24, 2.45) is 0 Å². The van der Waals surface area contributed by atoms with Crippen LogP contribution in [0.2, 0.25) is 0 Å². The summed E-state index contributed by atoms with van der Waals surface area (Å²) < 4.78 is 5.04. The van der Waals surface area contributed by atoms with Crippen LogP contribution in [0.25, 0.3) is 0 Å². The van der Waals surface area contributed by atoms with Gasteiger partial charge in [-0.2, -0.15) is 0 Å². The molecule has 5 nitrogen and oxygen atoms in total. The van der Waals surface area contributed by atoms with Crippen molar-refractivity contribution < 1.29 is 14.3 Å². The van der Waals surface area contributed by atoms with Crippen molar-refractivity contribution in [2.45, 2.75) is 13.8 Å². The molecule has 1 heterocycles. The van der Waals surface area contributed by atoms with Crippen molar-refractivity contribution in [1.82, 2.24) is 4.98 Å². The zero-order valence-corrected chi connectivity index (χ0v) is 8.83. The third-order valence-corrected chi connectivity index (χ3v) is 1.78. The molecule has 0 spiro atoms. The van der Waals surface area contributed by atoms with Gasteiger partial charge in [-0.25, -0.2) is 4.98 Å². The Morgan fingerprint density at radius 2 is 2.07 bits per heavy atom. The third-order valence-electron chi connectivity index (χ3n) is 1.78. The zero-order valence-electron chi connectivity index (χ0n) is 8.83. The van der Waals surface area contributed by atoms with Gasteiger partial charge in [-0.1, -0.05) is 0 Å². The quantitative estimate of drug-likeness (QED) is 0.759. The van der Waals surface area contributed by atoms with E-state index in [0.717, 1.165) is 0 Å². The van der Waals surface area contributed by atoms with Crippen LogP contribution in [0.4, 0.5) is 5.82 Å². The molecule has 80 valence electrons. The van der Waals surface area contributed by atoms with Crippen LogP contribution in [0.5, 0.6) is 5.75 Å². The first-order chi connectivity index (χ1) is 7.06. The predicted molar refractivity (Wildman–Crippen MR) is 55.1 cm³/mol. The van der Waals surface area contributed by atoms with Crippen LogP contribution in [0, 0.1) is 0 Å².